The second-order valence-corrected chi connectivity index (χ2v) is 3.25. The van der Waals surface area contributed by atoms with Crippen molar-refractivity contribution in [3.8, 4) is 11.8 Å². The minimum Gasteiger partial charge on any atom is -0.491 e. The first-order valence-electron chi connectivity index (χ1n) is 5.21. The maximum Gasteiger partial charge on any atom is 0.271 e. The first-order valence-corrected chi connectivity index (χ1v) is 5.21. The molecule has 17 heavy (non-hydrogen) atoms. The van der Waals surface area contributed by atoms with E-state index < -0.39 is 4.92 Å². The second kappa shape index (κ2) is 6.45. The largest absolute Gasteiger partial charge is 0.491 e. The van der Waals surface area contributed by atoms with Gasteiger partial charge in [0.15, 0.2) is 0 Å². The summed E-state index contributed by atoms with van der Waals surface area (Å²) >= 11 is 0. The van der Waals surface area contributed by atoms with Gasteiger partial charge in [-0.05, 0) is 12.6 Å². The van der Waals surface area contributed by atoms with E-state index in [2.05, 4.69) is 5.32 Å². The zero-order chi connectivity index (χ0) is 12.7. The Hall–Kier alpha value is -2.13. The average Bonchev–Trinajstić information content (AvgIpc) is 2.34. The summed E-state index contributed by atoms with van der Waals surface area (Å²) in [6.45, 7) is 3.90. The zero-order valence-corrected chi connectivity index (χ0v) is 9.47. The van der Waals surface area contributed by atoms with E-state index in [4.69, 9.17) is 10.00 Å². The molecule has 0 radical (unpaired) electrons. The summed E-state index contributed by atoms with van der Waals surface area (Å²) in [6, 6.07) is 5.86. The molecule has 0 saturated carbocycles. The van der Waals surface area contributed by atoms with E-state index >= 15 is 0 Å². The lowest BCUT2D eigenvalue weighted by Crippen LogP contribution is -2.20. The van der Waals surface area contributed by atoms with Crippen LogP contribution >= 0.6 is 0 Å². The first kappa shape index (κ1) is 12.9. The number of hydrogen-bond donors (Lipinski definition) is 1. The fourth-order valence-corrected chi connectivity index (χ4v) is 1.25. The second-order valence-electron chi connectivity index (χ2n) is 3.25. The molecule has 1 aromatic carbocycles. The Bertz CT molecular complexity index is 440. The monoisotopic (exact) mass is 235 g/mol. The van der Waals surface area contributed by atoms with E-state index in [1.54, 1.807) is 0 Å². The van der Waals surface area contributed by atoms with Gasteiger partial charge >= 0.3 is 0 Å². The van der Waals surface area contributed by atoms with Crippen LogP contribution in [0.3, 0.4) is 0 Å². The van der Waals surface area contributed by atoms with Gasteiger partial charge in [-0.15, -0.1) is 0 Å². The van der Waals surface area contributed by atoms with Crippen molar-refractivity contribution in [2.75, 3.05) is 19.7 Å². The smallest absolute Gasteiger partial charge is 0.271 e. The number of non-ortho nitro benzene ring substituents is 1. The molecular weight excluding hydrogens is 222 g/mol. The molecule has 0 spiro atoms. The van der Waals surface area contributed by atoms with Crippen LogP contribution < -0.4 is 10.1 Å². The fourth-order valence-electron chi connectivity index (χ4n) is 1.25. The molecule has 1 N–H and O–H groups in total. The molecule has 6 heteroatoms. The Labute approximate surface area is 99.0 Å². The molecule has 0 heterocycles. The summed E-state index contributed by atoms with van der Waals surface area (Å²) < 4.78 is 5.36. The van der Waals surface area contributed by atoms with Crippen molar-refractivity contribution in [2.45, 2.75) is 6.92 Å². The van der Waals surface area contributed by atoms with Crippen LogP contribution in [0.15, 0.2) is 18.2 Å². The molecule has 0 aliphatic heterocycles. The maximum absolute atomic E-state index is 10.5. The number of nitro groups is 1. The third-order valence-corrected chi connectivity index (χ3v) is 2.08. The van der Waals surface area contributed by atoms with E-state index in [0.717, 1.165) is 6.54 Å². The van der Waals surface area contributed by atoms with Crippen molar-refractivity contribution in [1.82, 2.24) is 5.32 Å². The highest BCUT2D eigenvalue weighted by atomic mass is 16.6. The number of hydrogen-bond acceptors (Lipinski definition) is 5. The Balaban J connectivity index is 2.73. The number of likely N-dealkylation sites (N-methyl/N-ethyl adjacent to an activating group) is 1. The van der Waals surface area contributed by atoms with E-state index in [0.29, 0.717) is 18.9 Å². The third-order valence-electron chi connectivity index (χ3n) is 2.08. The van der Waals surface area contributed by atoms with Crippen LogP contribution in [0.1, 0.15) is 12.5 Å². The topological polar surface area (TPSA) is 88.2 Å². The third kappa shape index (κ3) is 3.74. The number of ether oxygens (including phenoxy) is 1. The molecule has 0 atom stereocenters. The van der Waals surface area contributed by atoms with Crippen LogP contribution in [0.25, 0.3) is 0 Å². The van der Waals surface area contributed by atoms with Gasteiger partial charge < -0.3 is 10.1 Å². The lowest BCUT2D eigenvalue weighted by atomic mass is 10.2. The predicted octanol–water partition coefficient (Wildman–Crippen LogP) is 1.45. The molecule has 0 aliphatic carbocycles. The van der Waals surface area contributed by atoms with Gasteiger partial charge in [-0.3, -0.25) is 10.1 Å². The summed E-state index contributed by atoms with van der Waals surface area (Å²) in [5.41, 5.74) is 0.0660. The normalized spacial score (nSPS) is 9.65. The fraction of sp³-hybridized carbons (Fsp3) is 0.364. The molecule has 6 nitrogen and oxygen atoms in total. The van der Waals surface area contributed by atoms with E-state index in [-0.39, 0.29) is 11.3 Å². The standard InChI is InChI=1S/C11H13N3O3/c1-2-13-5-6-17-11-4-3-10(14(15)16)7-9(11)8-12/h3-4,7,13H,2,5-6H2,1H3. The van der Waals surface area contributed by atoms with Crippen molar-refractivity contribution in [3.63, 3.8) is 0 Å². The van der Waals surface area contributed by atoms with Crippen LogP contribution in [0.4, 0.5) is 5.69 Å². The van der Waals surface area contributed by atoms with Gasteiger partial charge in [0.2, 0.25) is 0 Å². The van der Waals surface area contributed by atoms with Crippen LogP contribution in [-0.2, 0) is 0 Å². The van der Waals surface area contributed by atoms with Crippen molar-refractivity contribution >= 4 is 5.69 Å². The molecule has 0 unspecified atom stereocenters. The molecule has 1 rings (SSSR count). The van der Waals surface area contributed by atoms with Crippen molar-refractivity contribution in [1.29, 1.82) is 5.26 Å². The van der Waals surface area contributed by atoms with Crippen molar-refractivity contribution in [2.24, 2.45) is 0 Å². The lowest BCUT2D eigenvalue weighted by Gasteiger charge is -2.07. The molecule has 0 saturated heterocycles. The maximum atomic E-state index is 10.5. The molecular formula is C11H13N3O3. The highest BCUT2D eigenvalue weighted by molar-refractivity contribution is 5.50. The number of nitriles is 1. The number of nitro benzene ring substituents is 1. The zero-order valence-electron chi connectivity index (χ0n) is 9.47. The van der Waals surface area contributed by atoms with Crippen LogP contribution in [0.2, 0.25) is 0 Å². The summed E-state index contributed by atoms with van der Waals surface area (Å²) in [7, 11) is 0. The summed E-state index contributed by atoms with van der Waals surface area (Å²) in [6.07, 6.45) is 0. The number of rotatable bonds is 6. The van der Waals surface area contributed by atoms with E-state index in [1.807, 2.05) is 13.0 Å². The quantitative estimate of drug-likeness (QED) is 0.458. The highest BCUT2D eigenvalue weighted by Crippen LogP contribution is 2.23. The Morgan fingerprint density at radius 2 is 2.35 bits per heavy atom. The average molecular weight is 235 g/mol. The number of nitrogens with one attached hydrogen (secondary N) is 1. The summed E-state index contributed by atoms with van der Waals surface area (Å²) in [5.74, 6) is 0.371. The van der Waals surface area contributed by atoms with E-state index in [9.17, 15) is 10.1 Å². The van der Waals surface area contributed by atoms with Crippen molar-refractivity contribution < 1.29 is 9.66 Å². The minimum absolute atomic E-state index is 0.111. The van der Waals surface area contributed by atoms with Crippen LogP contribution in [0, 0.1) is 21.4 Å². The van der Waals surface area contributed by atoms with Gasteiger partial charge in [0.05, 0.1) is 4.92 Å². The molecule has 0 aliphatic rings. The van der Waals surface area contributed by atoms with Crippen LogP contribution in [-0.4, -0.2) is 24.6 Å². The van der Waals surface area contributed by atoms with Gasteiger partial charge in [-0.25, -0.2) is 0 Å². The summed E-state index contributed by atoms with van der Waals surface area (Å²) in [5, 5.41) is 22.5. The molecule has 90 valence electrons. The van der Waals surface area contributed by atoms with Crippen molar-refractivity contribution in [3.05, 3.63) is 33.9 Å². The van der Waals surface area contributed by atoms with Crippen LogP contribution in [0.5, 0.6) is 5.75 Å². The Morgan fingerprint density at radius 3 is 2.94 bits per heavy atom. The highest BCUT2D eigenvalue weighted by Gasteiger charge is 2.11. The number of nitrogens with zero attached hydrogens (tertiary/aromatic N) is 2. The SMILES string of the molecule is CCNCCOc1ccc([N+](=O)[O-])cc1C#N. The van der Waals surface area contributed by atoms with Gasteiger partial charge in [-0.2, -0.15) is 5.26 Å². The van der Waals surface area contributed by atoms with Gasteiger partial charge in [0, 0.05) is 18.7 Å². The Morgan fingerprint density at radius 1 is 1.59 bits per heavy atom. The van der Waals surface area contributed by atoms with Gasteiger partial charge in [-0.1, -0.05) is 6.92 Å². The molecule has 0 aromatic heterocycles. The van der Waals surface area contributed by atoms with Gasteiger partial charge in [0.1, 0.15) is 24.0 Å². The minimum atomic E-state index is -0.538. The Kier molecular flexibility index (Phi) is 4.91. The lowest BCUT2D eigenvalue weighted by molar-refractivity contribution is -0.384. The molecule has 0 amide bonds. The number of benzene rings is 1. The van der Waals surface area contributed by atoms with Gasteiger partial charge in [0.25, 0.3) is 5.69 Å². The predicted molar refractivity (Wildman–Crippen MR) is 61.9 cm³/mol. The van der Waals surface area contributed by atoms with E-state index in [1.165, 1.54) is 18.2 Å². The molecule has 0 fully saturated rings. The summed E-state index contributed by atoms with van der Waals surface area (Å²) in [4.78, 5) is 9.99. The molecule has 0 bridgehead atoms. The first-order chi connectivity index (χ1) is 8.19. The molecule has 1 aromatic rings.